The van der Waals surface area contributed by atoms with Gasteiger partial charge in [0.2, 0.25) is 11.9 Å². The van der Waals surface area contributed by atoms with Crippen molar-refractivity contribution >= 4 is 11.9 Å². The summed E-state index contributed by atoms with van der Waals surface area (Å²) in [5, 5.41) is 16.2. The van der Waals surface area contributed by atoms with Crippen molar-refractivity contribution in [3.63, 3.8) is 0 Å². The topological polar surface area (TPSA) is 128 Å². The van der Waals surface area contributed by atoms with E-state index in [1.807, 2.05) is 13.8 Å². The zero-order chi connectivity index (χ0) is 13.8. The zero-order valence-electron chi connectivity index (χ0n) is 10.7. The molecule has 0 amide bonds. The van der Waals surface area contributed by atoms with Crippen LogP contribution in [0.5, 0.6) is 0 Å². The fourth-order valence-electron chi connectivity index (χ4n) is 1.45. The van der Waals surface area contributed by atoms with E-state index in [2.05, 4.69) is 30.4 Å². The van der Waals surface area contributed by atoms with Crippen molar-refractivity contribution in [2.45, 2.75) is 19.9 Å². The molecule has 2 aromatic heterocycles. The molecule has 4 N–H and O–H groups in total. The minimum Gasteiger partial charge on any atom is -0.394 e. The summed E-state index contributed by atoms with van der Waals surface area (Å²) < 4.78 is 1.38. The molecule has 0 saturated carbocycles. The van der Waals surface area contributed by atoms with Gasteiger partial charge in [-0.15, -0.1) is 0 Å². The van der Waals surface area contributed by atoms with Crippen LogP contribution in [0.25, 0.3) is 5.95 Å². The van der Waals surface area contributed by atoms with Crippen LogP contribution < -0.4 is 11.1 Å². The summed E-state index contributed by atoms with van der Waals surface area (Å²) in [4.78, 5) is 15.9. The smallest absolute Gasteiger partial charge is 0.258 e. The van der Waals surface area contributed by atoms with E-state index >= 15 is 0 Å². The predicted octanol–water partition coefficient (Wildman–Crippen LogP) is -0.537. The van der Waals surface area contributed by atoms with Gasteiger partial charge in [0.25, 0.3) is 5.95 Å². The lowest BCUT2D eigenvalue weighted by molar-refractivity contribution is 0.248. The predicted molar refractivity (Wildman–Crippen MR) is 68.5 cm³/mol. The molecule has 0 saturated heterocycles. The van der Waals surface area contributed by atoms with Crippen LogP contribution in [0, 0.1) is 5.92 Å². The van der Waals surface area contributed by atoms with E-state index in [1.54, 1.807) is 0 Å². The largest absolute Gasteiger partial charge is 0.394 e. The van der Waals surface area contributed by atoms with Crippen LogP contribution in [-0.4, -0.2) is 47.5 Å². The van der Waals surface area contributed by atoms with Gasteiger partial charge in [-0.2, -0.15) is 24.7 Å². The molecule has 0 aromatic carbocycles. The zero-order valence-corrected chi connectivity index (χ0v) is 10.7. The molecule has 9 nitrogen and oxygen atoms in total. The van der Waals surface area contributed by atoms with E-state index in [0.29, 0.717) is 5.95 Å². The van der Waals surface area contributed by atoms with Crippen LogP contribution in [0.15, 0.2) is 12.7 Å². The Hall–Kier alpha value is -2.29. The van der Waals surface area contributed by atoms with Crippen molar-refractivity contribution in [3.05, 3.63) is 12.7 Å². The highest BCUT2D eigenvalue weighted by Gasteiger charge is 2.15. The average molecular weight is 264 g/mol. The fourth-order valence-corrected chi connectivity index (χ4v) is 1.45. The van der Waals surface area contributed by atoms with Crippen LogP contribution >= 0.6 is 0 Å². The summed E-state index contributed by atoms with van der Waals surface area (Å²) in [5.74, 6) is 0.861. The second kappa shape index (κ2) is 5.57. The summed E-state index contributed by atoms with van der Waals surface area (Å²) in [5.41, 5.74) is 5.63. The number of aliphatic hydroxyl groups is 1. The third-order valence-electron chi connectivity index (χ3n) is 2.58. The van der Waals surface area contributed by atoms with E-state index in [4.69, 9.17) is 5.73 Å². The van der Waals surface area contributed by atoms with Crippen molar-refractivity contribution in [1.82, 2.24) is 29.7 Å². The highest BCUT2D eigenvalue weighted by Crippen LogP contribution is 2.10. The summed E-state index contributed by atoms with van der Waals surface area (Å²) in [6, 6.07) is -0.162. The van der Waals surface area contributed by atoms with Crippen molar-refractivity contribution in [3.8, 4) is 5.95 Å². The lowest BCUT2D eigenvalue weighted by Gasteiger charge is -2.19. The Morgan fingerprint density at radius 1 is 1.37 bits per heavy atom. The van der Waals surface area contributed by atoms with Gasteiger partial charge in [0.1, 0.15) is 12.7 Å². The maximum Gasteiger partial charge on any atom is 0.258 e. The van der Waals surface area contributed by atoms with E-state index < -0.39 is 0 Å². The van der Waals surface area contributed by atoms with Gasteiger partial charge in [0.15, 0.2) is 0 Å². The third-order valence-corrected chi connectivity index (χ3v) is 2.58. The molecule has 2 heterocycles. The van der Waals surface area contributed by atoms with Crippen LogP contribution in [0.1, 0.15) is 13.8 Å². The minimum absolute atomic E-state index is 0.0259. The van der Waals surface area contributed by atoms with E-state index in [1.165, 1.54) is 17.3 Å². The maximum absolute atomic E-state index is 9.29. The Labute approximate surface area is 109 Å². The van der Waals surface area contributed by atoms with Gasteiger partial charge in [-0.05, 0) is 5.92 Å². The van der Waals surface area contributed by atoms with Gasteiger partial charge < -0.3 is 16.2 Å². The lowest BCUT2D eigenvalue weighted by atomic mass is 10.1. The molecule has 2 rings (SSSR count). The lowest BCUT2D eigenvalue weighted by Crippen LogP contribution is -2.30. The van der Waals surface area contributed by atoms with Crippen molar-refractivity contribution in [2.24, 2.45) is 5.92 Å². The molecule has 0 aliphatic carbocycles. The molecule has 102 valence electrons. The van der Waals surface area contributed by atoms with Crippen LogP contribution in [-0.2, 0) is 0 Å². The highest BCUT2D eigenvalue weighted by atomic mass is 16.3. The summed E-state index contributed by atoms with van der Waals surface area (Å²) in [6.07, 6.45) is 2.84. The van der Waals surface area contributed by atoms with Gasteiger partial charge in [-0.3, -0.25) is 0 Å². The summed E-state index contributed by atoms with van der Waals surface area (Å²) in [6.45, 7) is 3.94. The van der Waals surface area contributed by atoms with Crippen molar-refractivity contribution in [2.75, 3.05) is 17.7 Å². The Balaban J connectivity index is 2.27. The molecule has 1 atom stereocenters. The van der Waals surface area contributed by atoms with Gasteiger partial charge in [0, 0.05) is 0 Å². The second-order valence-electron chi connectivity index (χ2n) is 4.33. The van der Waals surface area contributed by atoms with Gasteiger partial charge in [0.05, 0.1) is 12.6 Å². The van der Waals surface area contributed by atoms with Crippen molar-refractivity contribution in [1.29, 1.82) is 0 Å². The van der Waals surface area contributed by atoms with E-state index in [9.17, 15) is 5.11 Å². The molecule has 0 aliphatic rings. The van der Waals surface area contributed by atoms with Crippen LogP contribution in [0.3, 0.4) is 0 Å². The highest BCUT2D eigenvalue weighted by molar-refractivity contribution is 5.35. The van der Waals surface area contributed by atoms with E-state index in [-0.39, 0.29) is 30.5 Å². The SMILES string of the molecule is CC(C)C(CO)Nc1nc(N)nc(-n2cncn2)n1. The first-order valence-corrected chi connectivity index (χ1v) is 5.84. The first kappa shape index (κ1) is 13.1. The second-order valence-corrected chi connectivity index (χ2v) is 4.33. The molecule has 0 spiro atoms. The summed E-state index contributed by atoms with van der Waals surface area (Å²) in [7, 11) is 0. The number of hydrogen-bond acceptors (Lipinski definition) is 8. The Morgan fingerprint density at radius 2 is 2.16 bits per heavy atom. The third kappa shape index (κ3) is 3.13. The standard InChI is InChI=1S/C10H16N8O/c1-6(2)7(3-19)14-9-15-8(11)16-10(17-9)18-5-12-4-13-18/h4-7,19H,3H2,1-2H3,(H3,11,14,15,16,17). The maximum atomic E-state index is 9.29. The normalized spacial score (nSPS) is 12.6. The first-order chi connectivity index (χ1) is 9.10. The Morgan fingerprint density at radius 3 is 2.74 bits per heavy atom. The van der Waals surface area contributed by atoms with E-state index in [0.717, 1.165) is 0 Å². The number of nitrogen functional groups attached to an aromatic ring is 1. The number of nitrogens with two attached hydrogens (primary N) is 1. The minimum atomic E-state index is -0.162. The number of rotatable bonds is 5. The Kier molecular flexibility index (Phi) is 3.85. The molecule has 9 heteroatoms. The number of aliphatic hydroxyl groups excluding tert-OH is 1. The number of aromatic nitrogens is 6. The monoisotopic (exact) mass is 264 g/mol. The quantitative estimate of drug-likeness (QED) is 0.657. The first-order valence-electron chi connectivity index (χ1n) is 5.84. The molecular weight excluding hydrogens is 248 g/mol. The van der Waals surface area contributed by atoms with Crippen LogP contribution in [0.4, 0.5) is 11.9 Å². The molecule has 0 bridgehead atoms. The fraction of sp³-hybridized carbons (Fsp3) is 0.500. The molecule has 19 heavy (non-hydrogen) atoms. The van der Waals surface area contributed by atoms with Gasteiger partial charge >= 0.3 is 0 Å². The Bertz CT molecular complexity index is 526. The number of nitrogens with zero attached hydrogens (tertiary/aromatic N) is 6. The molecule has 2 aromatic rings. The number of hydrogen-bond donors (Lipinski definition) is 3. The number of nitrogens with one attached hydrogen (secondary N) is 1. The van der Waals surface area contributed by atoms with Crippen molar-refractivity contribution < 1.29 is 5.11 Å². The average Bonchev–Trinajstić information content (AvgIpc) is 2.88. The van der Waals surface area contributed by atoms with Crippen LogP contribution in [0.2, 0.25) is 0 Å². The number of anilines is 2. The summed E-state index contributed by atoms with van der Waals surface area (Å²) >= 11 is 0. The van der Waals surface area contributed by atoms with Gasteiger partial charge in [-0.25, -0.2) is 4.98 Å². The molecule has 1 unspecified atom stereocenters. The molecule has 0 fully saturated rings. The molecular formula is C10H16N8O. The molecule has 0 radical (unpaired) electrons. The van der Waals surface area contributed by atoms with Gasteiger partial charge in [-0.1, -0.05) is 13.8 Å². The molecule has 0 aliphatic heterocycles.